The zero-order valence-electron chi connectivity index (χ0n) is 15.5. The highest BCUT2D eigenvalue weighted by atomic mass is 16.6. The summed E-state index contributed by atoms with van der Waals surface area (Å²) in [6.07, 6.45) is 0.900. The van der Waals surface area contributed by atoms with Gasteiger partial charge in [-0.2, -0.15) is 0 Å². The van der Waals surface area contributed by atoms with Gasteiger partial charge in [0.05, 0.1) is 4.92 Å². The molecule has 0 saturated carbocycles. The van der Waals surface area contributed by atoms with Crippen molar-refractivity contribution in [2.75, 3.05) is 16.9 Å². The van der Waals surface area contributed by atoms with E-state index in [1.165, 1.54) is 11.1 Å². The molecular weight excluding hydrogens is 352 g/mol. The van der Waals surface area contributed by atoms with Crippen molar-refractivity contribution in [3.63, 3.8) is 0 Å². The summed E-state index contributed by atoms with van der Waals surface area (Å²) in [6, 6.07) is 23.5. The number of nitro benzene ring substituents is 1. The summed E-state index contributed by atoms with van der Waals surface area (Å²) >= 11 is 0. The number of nitrogens with one attached hydrogen (secondary N) is 2. The van der Waals surface area contributed by atoms with E-state index in [1.54, 1.807) is 6.07 Å². The van der Waals surface area contributed by atoms with Gasteiger partial charge in [-0.15, -0.1) is 0 Å². The predicted octanol–water partition coefficient (Wildman–Crippen LogP) is 4.27. The molecule has 0 fully saturated rings. The largest absolute Gasteiger partial charge is 0.361 e. The first-order valence-corrected chi connectivity index (χ1v) is 9.34. The molecule has 0 radical (unpaired) electrons. The third kappa shape index (κ3) is 3.97. The van der Waals surface area contributed by atoms with Crippen molar-refractivity contribution in [3.8, 4) is 0 Å². The highest BCUT2D eigenvalue weighted by Crippen LogP contribution is 2.33. The number of nitro groups is 1. The molecule has 0 atom stereocenters. The lowest BCUT2D eigenvalue weighted by atomic mass is 9.99. The number of hydrogen-bond donors (Lipinski definition) is 2. The first-order chi connectivity index (χ1) is 13.7. The van der Waals surface area contributed by atoms with E-state index in [4.69, 9.17) is 0 Å². The third-order valence-corrected chi connectivity index (χ3v) is 5.01. The number of para-hydroxylation sites is 1. The highest BCUT2D eigenvalue weighted by molar-refractivity contribution is 5.65. The monoisotopic (exact) mass is 374 g/mol. The number of hydrogen-bond acceptors (Lipinski definition) is 5. The molecule has 0 saturated heterocycles. The zero-order chi connectivity index (χ0) is 19.3. The smallest absolute Gasteiger partial charge is 0.292 e. The van der Waals surface area contributed by atoms with E-state index in [0.717, 1.165) is 24.2 Å². The van der Waals surface area contributed by atoms with Crippen LogP contribution in [-0.4, -0.2) is 11.5 Å². The Morgan fingerprint density at radius 2 is 1.71 bits per heavy atom. The highest BCUT2D eigenvalue weighted by Gasteiger charge is 2.23. The van der Waals surface area contributed by atoms with Gasteiger partial charge in [-0.25, -0.2) is 5.43 Å². The van der Waals surface area contributed by atoms with Crippen molar-refractivity contribution in [3.05, 3.63) is 99.6 Å². The minimum absolute atomic E-state index is 0.151. The first kappa shape index (κ1) is 18.0. The molecule has 0 unspecified atom stereocenters. The van der Waals surface area contributed by atoms with Crippen LogP contribution in [0.4, 0.5) is 17.1 Å². The molecule has 3 aromatic carbocycles. The Balaban J connectivity index is 1.49. The molecular formula is C22H22N4O2. The van der Waals surface area contributed by atoms with E-state index in [-0.39, 0.29) is 10.6 Å². The lowest BCUT2D eigenvalue weighted by Crippen LogP contribution is -2.30. The zero-order valence-corrected chi connectivity index (χ0v) is 15.5. The quantitative estimate of drug-likeness (QED) is 0.498. The van der Waals surface area contributed by atoms with Crippen LogP contribution in [0.1, 0.15) is 16.7 Å². The summed E-state index contributed by atoms with van der Waals surface area (Å²) in [4.78, 5) is 13.5. The van der Waals surface area contributed by atoms with E-state index in [9.17, 15) is 10.1 Å². The molecule has 142 valence electrons. The number of anilines is 2. The number of hydrazine groups is 1. The fourth-order valence-electron chi connectivity index (χ4n) is 3.56. The fraction of sp³-hybridized carbons (Fsp3) is 0.182. The molecule has 0 aromatic heterocycles. The standard InChI is InChI=1S/C22H22N4O2/c27-26(28)22-14-17(15-23-24-20-8-2-1-3-9-20)10-11-21(22)25-13-12-18-6-4-5-7-19(18)16-25/h1-11,14,23-24H,12-13,15-16H2. The van der Waals surface area contributed by atoms with Gasteiger partial charge >= 0.3 is 0 Å². The van der Waals surface area contributed by atoms with Crippen LogP contribution in [0, 0.1) is 10.1 Å². The maximum absolute atomic E-state index is 11.7. The fourth-order valence-corrected chi connectivity index (χ4v) is 3.56. The molecule has 1 aliphatic heterocycles. The molecule has 1 aliphatic rings. The van der Waals surface area contributed by atoms with Crippen LogP contribution in [-0.2, 0) is 19.5 Å². The van der Waals surface area contributed by atoms with E-state index in [1.807, 2.05) is 54.6 Å². The Morgan fingerprint density at radius 1 is 0.964 bits per heavy atom. The van der Waals surface area contributed by atoms with Crippen LogP contribution in [0.25, 0.3) is 0 Å². The summed E-state index contributed by atoms with van der Waals surface area (Å²) in [5.41, 5.74) is 11.4. The van der Waals surface area contributed by atoms with Crippen LogP contribution in [0.2, 0.25) is 0 Å². The summed E-state index contributed by atoms with van der Waals surface area (Å²) in [5, 5.41) is 11.7. The average Bonchev–Trinajstić information content (AvgIpc) is 2.74. The molecule has 0 bridgehead atoms. The van der Waals surface area contributed by atoms with Gasteiger partial charge in [0.25, 0.3) is 5.69 Å². The van der Waals surface area contributed by atoms with Crippen molar-refractivity contribution in [2.24, 2.45) is 0 Å². The van der Waals surface area contributed by atoms with Crippen LogP contribution in [0.5, 0.6) is 0 Å². The van der Waals surface area contributed by atoms with E-state index in [2.05, 4.69) is 27.9 Å². The number of rotatable bonds is 6. The van der Waals surface area contributed by atoms with Crippen LogP contribution in [0.15, 0.2) is 72.8 Å². The molecule has 2 N–H and O–H groups in total. The normalized spacial score (nSPS) is 13.1. The van der Waals surface area contributed by atoms with Gasteiger partial charge in [0.15, 0.2) is 0 Å². The number of nitrogens with zero attached hydrogens (tertiary/aromatic N) is 2. The van der Waals surface area contributed by atoms with Crippen LogP contribution in [0.3, 0.4) is 0 Å². The molecule has 0 aliphatic carbocycles. The van der Waals surface area contributed by atoms with E-state index in [0.29, 0.717) is 18.8 Å². The van der Waals surface area contributed by atoms with Gasteiger partial charge in [0.1, 0.15) is 5.69 Å². The maximum Gasteiger partial charge on any atom is 0.292 e. The van der Waals surface area contributed by atoms with Gasteiger partial charge in [0.2, 0.25) is 0 Å². The summed E-state index contributed by atoms with van der Waals surface area (Å²) < 4.78 is 0. The van der Waals surface area contributed by atoms with Gasteiger partial charge in [-0.1, -0.05) is 48.5 Å². The molecule has 6 nitrogen and oxygen atoms in total. The number of benzene rings is 3. The summed E-state index contributed by atoms with van der Waals surface area (Å²) in [6.45, 7) is 1.97. The van der Waals surface area contributed by atoms with Crippen LogP contribution >= 0.6 is 0 Å². The Hall–Kier alpha value is -3.38. The summed E-state index contributed by atoms with van der Waals surface area (Å²) in [7, 11) is 0. The van der Waals surface area contributed by atoms with Gasteiger partial charge in [-0.05, 0) is 41.3 Å². The minimum Gasteiger partial charge on any atom is -0.361 e. The van der Waals surface area contributed by atoms with Gasteiger partial charge in [0, 0.05) is 31.4 Å². The summed E-state index contributed by atoms with van der Waals surface area (Å²) in [5.74, 6) is 0. The average molecular weight is 374 g/mol. The molecule has 0 amide bonds. The topological polar surface area (TPSA) is 70.4 Å². The van der Waals surface area contributed by atoms with Crippen molar-refractivity contribution in [2.45, 2.75) is 19.5 Å². The Labute approximate surface area is 163 Å². The minimum atomic E-state index is -0.288. The van der Waals surface area contributed by atoms with Crippen molar-refractivity contribution in [1.82, 2.24) is 5.43 Å². The first-order valence-electron chi connectivity index (χ1n) is 9.34. The molecule has 1 heterocycles. The number of fused-ring (bicyclic) bond motifs is 1. The van der Waals surface area contributed by atoms with Gasteiger partial charge in [-0.3, -0.25) is 10.1 Å². The van der Waals surface area contributed by atoms with Crippen LogP contribution < -0.4 is 15.8 Å². The lowest BCUT2D eigenvalue weighted by Gasteiger charge is -2.30. The van der Waals surface area contributed by atoms with Crippen molar-refractivity contribution in [1.29, 1.82) is 0 Å². The lowest BCUT2D eigenvalue weighted by molar-refractivity contribution is -0.384. The second kappa shape index (κ2) is 8.10. The second-order valence-electron chi connectivity index (χ2n) is 6.87. The second-order valence-corrected chi connectivity index (χ2v) is 6.87. The van der Waals surface area contributed by atoms with E-state index >= 15 is 0 Å². The van der Waals surface area contributed by atoms with E-state index < -0.39 is 0 Å². The predicted molar refractivity (Wildman–Crippen MR) is 111 cm³/mol. The Bertz CT molecular complexity index is 975. The molecule has 4 rings (SSSR count). The molecule has 0 spiro atoms. The van der Waals surface area contributed by atoms with Gasteiger partial charge < -0.3 is 10.3 Å². The molecule has 3 aromatic rings. The SMILES string of the molecule is O=[N+]([O-])c1cc(CNNc2ccccc2)ccc1N1CCc2ccccc2C1. The maximum atomic E-state index is 11.7. The third-order valence-electron chi connectivity index (χ3n) is 5.01. The molecule has 6 heteroatoms. The van der Waals surface area contributed by atoms with Crippen molar-refractivity contribution < 1.29 is 4.92 Å². The Kier molecular flexibility index (Phi) is 5.21. The Morgan fingerprint density at radius 3 is 2.50 bits per heavy atom. The van der Waals surface area contributed by atoms with Crippen molar-refractivity contribution >= 4 is 17.1 Å². The molecule has 28 heavy (non-hydrogen) atoms.